The zero-order valence-electron chi connectivity index (χ0n) is 19.9. The predicted molar refractivity (Wildman–Crippen MR) is 142 cm³/mol. The van der Waals surface area contributed by atoms with Gasteiger partial charge in [-0.1, -0.05) is 53.6 Å². The van der Waals surface area contributed by atoms with Gasteiger partial charge in [0.15, 0.2) is 0 Å². The minimum Gasteiger partial charge on any atom is -0.489 e. The first-order chi connectivity index (χ1) is 17.7. The smallest absolute Gasteiger partial charge is 0.261 e. The molecule has 4 aromatic rings. The van der Waals surface area contributed by atoms with Crippen molar-refractivity contribution < 1.29 is 22.3 Å². The summed E-state index contributed by atoms with van der Waals surface area (Å²) in [7, 11) is -3.82. The number of ether oxygens (including phenoxy) is 1. The van der Waals surface area contributed by atoms with E-state index in [0.717, 1.165) is 16.7 Å². The monoisotopic (exact) mass is 538 g/mol. The molecule has 190 valence electrons. The van der Waals surface area contributed by atoms with E-state index in [1.165, 1.54) is 42.5 Å². The van der Waals surface area contributed by atoms with Crippen LogP contribution in [0.2, 0.25) is 5.02 Å². The lowest BCUT2D eigenvalue weighted by atomic mass is 10.1. The van der Waals surface area contributed by atoms with Crippen molar-refractivity contribution in [2.75, 3.05) is 4.72 Å². The molecule has 0 fully saturated rings. The molecule has 0 aliphatic carbocycles. The van der Waals surface area contributed by atoms with Crippen molar-refractivity contribution >= 4 is 33.2 Å². The molecule has 0 heterocycles. The molecule has 0 atom stereocenters. The van der Waals surface area contributed by atoms with Crippen LogP contribution in [0.3, 0.4) is 0 Å². The Morgan fingerprint density at radius 3 is 2.19 bits per heavy atom. The van der Waals surface area contributed by atoms with Crippen LogP contribution in [0.15, 0.2) is 95.9 Å². The Kier molecular flexibility index (Phi) is 8.11. The number of carbonyl (C=O) groups excluding carboxylic acids is 1. The standard InChI is InChI=1S/C28H24ClFN2O4S/c1-19-2-13-25(14-3-19)37(34,35)32-27-15-8-22(16-26(27)29)28(33)31-17-20-6-11-24(12-7-20)36-18-21-4-9-23(30)10-5-21/h2-16,32H,17-18H2,1H3,(H,31,33). The first-order valence-electron chi connectivity index (χ1n) is 11.3. The Hall–Kier alpha value is -3.88. The van der Waals surface area contributed by atoms with Gasteiger partial charge in [-0.3, -0.25) is 9.52 Å². The van der Waals surface area contributed by atoms with Crippen molar-refractivity contribution in [3.8, 4) is 5.75 Å². The number of benzene rings is 4. The fourth-order valence-corrected chi connectivity index (χ4v) is 4.76. The summed E-state index contributed by atoms with van der Waals surface area (Å²) in [6, 6.07) is 24.1. The summed E-state index contributed by atoms with van der Waals surface area (Å²) >= 11 is 6.27. The lowest BCUT2D eigenvalue weighted by Gasteiger charge is -2.12. The van der Waals surface area contributed by atoms with Crippen molar-refractivity contribution in [2.45, 2.75) is 25.0 Å². The third kappa shape index (κ3) is 7.09. The van der Waals surface area contributed by atoms with E-state index in [-0.39, 0.29) is 33.9 Å². The molecule has 37 heavy (non-hydrogen) atoms. The molecule has 6 nitrogen and oxygen atoms in total. The highest BCUT2D eigenvalue weighted by Crippen LogP contribution is 2.26. The summed E-state index contributed by atoms with van der Waals surface area (Å²) in [5, 5.41) is 2.91. The lowest BCUT2D eigenvalue weighted by molar-refractivity contribution is 0.0951. The van der Waals surface area contributed by atoms with Crippen LogP contribution in [0.25, 0.3) is 0 Å². The van der Waals surface area contributed by atoms with Crippen LogP contribution in [0.5, 0.6) is 5.75 Å². The van der Waals surface area contributed by atoms with Gasteiger partial charge >= 0.3 is 0 Å². The zero-order chi connectivity index (χ0) is 26.4. The average molecular weight is 539 g/mol. The fourth-order valence-electron chi connectivity index (χ4n) is 3.40. The Labute approximate surface area is 220 Å². The van der Waals surface area contributed by atoms with Crippen LogP contribution < -0.4 is 14.8 Å². The Balaban J connectivity index is 1.32. The van der Waals surface area contributed by atoms with E-state index < -0.39 is 10.0 Å². The summed E-state index contributed by atoms with van der Waals surface area (Å²) in [5.74, 6) is -0.00238. The molecule has 4 rings (SSSR count). The van der Waals surface area contributed by atoms with Crippen LogP contribution in [-0.4, -0.2) is 14.3 Å². The molecular weight excluding hydrogens is 515 g/mol. The van der Waals surface area contributed by atoms with Crippen molar-refractivity contribution in [1.29, 1.82) is 0 Å². The number of carbonyl (C=O) groups is 1. The number of rotatable bonds is 9. The SMILES string of the molecule is Cc1ccc(S(=O)(=O)Nc2ccc(C(=O)NCc3ccc(OCc4ccc(F)cc4)cc3)cc2Cl)cc1. The van der Waals surface area contributed by atoms with Gasteiger partial charge in [-0.05, 0) is 72.6 Å². The Bertz CT molecular complexity index is 1490. The number of amides is 1. The number of nitrogens with one attached hydrogen (secondary N) is 2. The third-order valence-electron chi connectivity index (χ3n) is 5.50. The molecule has 0 spiro atoms. The maximum Gasteiger partial charge on any atom is 0.261 e. The van der Waals surface area contributed by atoms with E-state index in [2.05, 4.69) is 10.0 Å². The summed E-state index contributed by atoms with van der Waals surface area (Å²) in [6.07, 6.45) is 0. The molecule has 0 aromatic heterocycles. The highest BCUT2D eigenvalue weighted by molar-refractivity contribution is 7.92. The molecule has 0 aliphatic heterocycles. The highest BCUT2D eigenvalue weighted by atomic mass is 35.5. The zero-order valence-corrected chi connectivity index (χ0v) is 21.4. The first kappa shape index (κ1) is 26.2. The van der Waals surface area contributed by atoms with Crippen LogP contribution in [-0.2, 0) is 23.2 Å². The van der Waals surface area contributed by atoms with Crippen molar-refractivity contribution in [3.05, 3.63) is 124 Å². The molecule has 0 unspecified atom stereocenters. The maximum absolute atomic E-state index is 13.0. The molecule has 0 radical (unpaired) electrons. The van der Waals surface area contributed by atoms with E-state index in [1.807, 2.05) is 19.1 Å². The van der Waals surface area contributed by atoms with Gasteiger partial charge in [-0.15, -0.1) is 0 Å². The van der Waals surface area contributed by atoms with Crippen molar-refractivity contribution in [3.63, 3.8) is 0 Å². The van der Waals surface area contributed by atoms with Gasteiger partial charge in [0.2, 0.25) is 0 Å². The Morgan fingerprint density at radius 2 is 1.54 bits per heavy atom. The quantitative estimate of drug-likeness (QED) is 0.270. The van der Waals surface area contributed by atoms with E-state index in [1.54, 1.807) is 36.4 Å². The molecular formula is C28H24ClFN2O4S. The molecule has 4 aromatic carbocycles. The Morgan fingerprint density at radius 1 is 0.892 bits per heavy atom. The molecule has 2 N–H and O–H groups in total. The molecule has 0 aliphatic rings. The van der Waals surface area contributed by atoms with E-state index in [4.69, 9.17) is 16.3 Å². The average Bonchev–Trinajstić information content (AvgIpc) is 2.89. The molecule has 9 heteroatoms. The first-order valence-corrected chi connectivity index (χ1v) is 13.2. The van der Waals surface area contributed by atoms with Crippen LogP contribution >= 0.6 is 11.6 Å². The number of aryl methyl sites for hydroxylation is 1. The highest BCUT2D eigenvalue weighted by Gasteiger charge is 2.17. The summed E-state index contributed by atoms with van der Waals surface area (Å²) < 4.78 is 46.4. The van der Waals surface area contributed by atoms with E-state index in [9.17, 15) is 17.6 Å². The normalized spacial score (nSPS) is 11.1. The second-order valence-electron chi connectivity index (χ2n) is 8.35. The van der Waals surface area contributed by atoms with E-state index in [0.29, 0.717) is 17.9 Å². The van der Waals surface area contributed by atoms with Gasteiger partial charge in [0.1, 0.15) is 18.2 Å². The topological polar surface area (TPSA) is 84.5 Å². The predicted octanol–water partition coefficient (Wildman–Crippen LogP) is 6.10. The van der Waals surface area contributed by atoms with Gasteiger partial charge in [-0.2, -0.15) is 0 Å². The van der Waals surface area contributed by atoms with E-state index >= 15 is 0 Å². The van der Waals surface area contributed by atoms with Crippen LogP contribution in [0.1, 0.15) is 27.0 Å². The van der Waals surface area contributed by atoms with Gasteiger partial charge < -0.3 is 10.1 Å². The van der Waals surface area contributed by atoms with Gasteiger partial charge in [-0.25, -0.2) is 12.8 Å². The van der Waals surface area contributed by atoms with Gasteiger partial charge in [0, 0.05) is 12.1 Å². The molecule has 0 saturated heterocycles. The minimum atomic E-state index is -3.82. The lowest BCUT2D eigenvalue weighted by Crippen LogP contribution is -2.23. The van der Waals surface area contributed by atoms with Crippen molar-refractivity contribution in [1.82, 2.24) is 5.32 Å². The largest absolute Gasteiger partial charge is 0.489 e. The second-order valence-corrected chi connectivity index (χ2v) is 10.4. The number of hydrogen-bond acceptors (Lipinski definition) is 4. The van der Waals surface area contributed by atoms with Crippen LogP contribution in [0, 0.1) is 12.7 Å². The molecule has 0 bridgehead atoms. The number of hydrogen-bond donors (Lipinski definition) is 2. The summed E-state index contributed by atoms with van der Waals surface area (Å²) in [5.41, 5.74) is 3.12. The van der Waals surface area contributed by atoms with Crippen molar-refractivity contribution in [2.24, 2.45) is 0 Å². The maximum atomic E-state index is 13.0. The van der Waals surface area contributed by atoms with Gasteiger partial charge in [0.25, 0.3) is 15.9 Å². The molecule has 1 amide bonds. The number of sulfonamides is 1. The summed E-state index contributed by atoms with van der Waals surface area (Å²) in [4.78, 5) is 12.7. The second kappa shape index (κ2) is 11.5. The minimum absolute atomic E-state index is 0.103. The number of anilines is 1. The van der Waals surface area contributed by atoms with Gasteiger partial charge in [0.05, 0.1) is 15.6 Å². The third-order valence-corrected chi connectivity index (χ3v) is 7.20. The molecule has 0 saturated carbocycles. The number of halogens is 2. The summed E-state index contributed by atoms with van der Waals surface area (Å²) in [6.45, 7) is 2.46. The van der Waals surface area contributed by atoms with Crippen LogP contribution in [0.4, 0.5) is 10.1 Å². The fraction of sp³-hybridized carbons (Fsp3) is 0.107.